The summed E-state index contributed by atoms with van der Waals surface area (Å²) >= 11 is 3.35. The molecule has 2 rings (SSSR count). The Bertz CT molecular complexity index is 672. The molecule has 0 spiro atoms. The Morgan fingerprint density at radius 3 is 2.24 bits per heavy atom. The van der Waals surface area contributed by atoms with Crippen LogP contribution in [0.2, 0.25) is 0 Å². The molecular weight excluding hydrogens is 354 g/mol. The summed E-state index contributed by atoms with van der Waals surface area (Å²) in [7, 11) is -3.57. The molecule has 0 saturated heterocycles. The molecule has 4 nitrogen and oxygen atoms in total. The number of primary sulfonamides is 1. The van der Waals surface area contributed by atoms with E-state index in [4.69, 9.17) is 9.88 Å². The number of sulfonamides is 1. The number of benzene rings is 2. The van der Waals surface area contributed by atoms with E-state index < -0.39 is 10.0 Å². The van der Waals surface area contributed by atoms with E-state index >= 15 is 0 Å². The lowest BCUT2D eigenvalue weighted by Gasteiger charge is -2.17. The van der Waals surface area contributed by atoms with Crippen LogP contribution in [0.3, 0.4) is 0 Å². The first kappa shape index (κ1) is 16.0. The van der Waals surface area contributed by atoms with Crippen LogP contribution in [0, 0.1) is 0 Å². The lowest BCUT2D eigenvalue weighted by molar-refractivity contribution is 0.296. The molecular formula is C15H16BrNO3S. The van der Waals surface area contributed by atoms with Gasteiger partial charge in [0, 0.05) is 10.4 Å². The van der Waals surface area contributed by atoms with Gasteiger partial charge in [-0.1, -0.05) is 46.3 Å². The van der Waals surface area contributed by atoms with Crippen LogP contribution in [-0.4, -0.2) is 20.8 Å². The topological polar surface area (TPSA) is 69.4 Å². The van der Waals surface area contributed by atoms with E-state index in [0.717, 1.165) is 10.0 Å². The Kier molecular flexibility index (Phi) is 5.39. The molecule has 0 bridgehead atoms. The van der Waals surface area contributed by atoms with Crippen molar-refractivity contribution in [2.75, 3.05) is 12.4 Å². The minimum atomic E-state index is -3.57. The molecule has 0 fully saturated rings. The second-order valence-electron chi connectivity index (χ2n) is 4.70. The first-order chi connectivity index (χ1) is 9.94. The zero-order valence-corrected chi connectivity index (χ0v) is 13.7. The van der Waals surface area contributed by atoms with Crippen LogP contribution < -0.4 is 9.88 Å². The molecule has 1 unspecified atom stereocenters. The molecule has 6 heteroatoms. The minimum absolute atomic E-state index is 0.145. The fourth-order valence-electron chi connectivity index (χ4n) is 1.97. The zero-order chi connectivity index (χ0) is 15.3. The molecule has 2 N–H and O–H groups in total. The lowest BCUT2D eigenvalue weighted by Crippen LogP contribution is -2.25. The predicted molar refractivity (Wildman–Crippen MR) is 86.8 cm³/mol. The highest BCUT2D eigenvalue weighted by atomic mass is 79.9. The molecule has 0 aliphatic rings. The highest BCUT2D eigenvalue weighted by molar-refractivity contribution is 9.10. The van der Waals surface area contributed by atoms with Gasteiger partial charge in [-0.15, -0.1) is 0 Å². The van der Waals surface area contributed by atoms with Crippen LogP contribution in [-0.2, 0) is 10.0 Å². The minimum Gasteiger partial charge on any atom is -0.493 e. The van der Waals surface area contributed by atoms with Crippen molar-refractivity contribution in [2.24, 2.45) is 5.14 Å². The number of nitrogens with two attached hydrogens (primary N) is 1. The smallest absolute Gasteiger partial charge is 0.209 e. The van der Waals surface area contributed by atoms with Crippen LogP contribution in [0.1, 0.15) is 11.5 Å². The van der Waals surface area contributed by atoms with Crippen LogP contribution in [0.5, 0.6) is 5.75 Å². The molecule has 112 valence electrons. The monoisotopic (exact) mass is 369 g/mol. The van der Waals surface area contributed by atoms with E-state index in [-0.39, 0.29) is 18.3 Å². The van der Waals surface area contributed by atoms with Crippen molar-refractivity contribution in [3.63, 3.8) is 0 Å². The van der Waals surface area contributed by atoms with E-state index in [1.165, 1.54) is 0 Å². The number of ether oxygens (including phenoxy) is 1. The summed E-state index contributed by atoms with van der Waals surface area (Å²) in [5.41, 5.74) is 0.892. The molecule has 0 amide bonds. The standard InChI is InChI=1S/C15H16BrNO3S/c16-14-6-8-15(9-7-14)20-10-13(11-21(17,18)19)12-4-2-1-3-5-12/h1-9,13H,10-11H2,(H2,17,18,19). The molecule has 1 atom stereocenters. The van der Waals surface area contributed by atoms with Crippen molar-refractivity contribution >= 4 is 26.0 Å². The van der Waals surface area contributed by atoms with Crippen LogP contribution in [0.4, 0.5) is 0 Å². The molecule has 0 aliphatic heterocycles. The third-order valence-electron chi connectivity index (χ3n) is 2.97. The van der Waals surface area contributed by atoms with E-state index in [9.17, 15) is 8.42 Å². The maximum absolute atomic E-state index is 11.4. The van der Waals surface area contributed by atoms with Gasteiger partial charge in [0.2, 0.25) is 10.0 Å². The van der Waals surface area contributed by atoms with Crippen molar-refractivity contribution in [1.82, 2.24) is 0 Å². The first-order valence-electron chi connectivity index (χ1n) is 6.38. The lowest BCUT2D eigenvalue weighted by atomic mass is 10.0. The van der Waals surface area contributed by atoms with Crippen molar-refractivity contribution in [2.45, 2.75) is 5.92 Å². The van der Waals surface area contributed by atoms with Gasteiger partial charge in [-0.2, -0.15) is 0 Å². The highest BCUT2D eigenvalue weighted by Crippen LogP contribution is 2.21. The van der Waals surface area contributed by atoms with Gasteiger partial charge in [-0.25, -0.2) is 13.6 Å². The molecule has 0 aliphatic carbocycles. The fraction of sp³-hybridized carbons (Fsp3) is 0.200. The van der Waals surface area contributed by atoms with E-state index in [1.54, 1.807) is 0 Å². The van der Waals surface area contributed by atoms with Crippen LogP contribution in [0.25, 0.3) is 0 Å². The Morgan fingerprint density at radius 1 is 1.05 bits per heavy atom. The Balaban J connectivity index is 2.11. The SMILES string of the molecule is NS(=O)(=O)CC(COc1ccc(Br)cc1)c1ccccc1. The highest BCUT2D eigenvalue weighted by Gasteiger charge is 2.18. The summed E-state index contributed by atoms with van der Waals surface area (Å²) < 4.78 is 29.4. The maximum Gasteiger partial charge on any atom is 0.209 e. The van der Waals surface area contributed by atoms with Crippen molar-refractivity contribution in [3.8, 4) is 5.75 Å². The van der Waals surface area contributed by atoms with Gasteiger partial charge in [0.1, 0.15) is 5.75 Å². The van der Waals surface area contributed by atoms with Gasteiger partial charge in [-0.3, -0.25) is 0 Å². The second-order valence-corrected chi connectivity index (χ2v) is 7.28. The zero-order valence-electron chi connectivity index (χ0n) is 11.3. The van der Waals surface area contributed by atoms with Gasteiger partial charge in [0.15, 0.2) is 0 Å². The van der Waals surface area contributed by atoms with Gasteiger partial charge < -0.3 is 4.74 Å². The normalized spacial score (nSPS) is 12.9. The summed E-state index contributed by atoms with van der Waals surface area (Å²) in [6.45, 7) is 0.252. The van der Waals surface area contributed by atoms with Gasteiger partial charge >= 0.3 is 0 Å². The van der Waals surface area contributed by atoms with Crippen LogP contribution in [0.15, 0.2) is 59.1 Å². The summed E-state index contributed by atoms with van der Waals surface area (Å²) in [5.74, 6) is 0.242. The van der Waals surface area contributed by atoms with Crippen molar-refractivity contribution < 1.29 is 13.2 Å². The molecule has 0 heterocycles. The first-order valence-corrected chi connectivity index (χ1v) is 8.89. The average Bonchev–Trinajstić information content (AvgIpc) is 2.45. The third-order valence-corrected chi connectivity index (χ3v) is 4.36. The average molecular weight is 370 g/mol. The summed E-state index contributed by atoms with van der Waals surface area (Å²) in [4.78, 5) is 0. The quantitative estimate of drug-likeness (QED) is 0.850. The number of rotatable bonds is 6. The molecule has 0 radical (unpaired) electrons. The Labute approximate surface area is 133 Å². The summed E-state index contributed by atoms with van der Waals surface area (Å²) in [6.07, 6.45) is 0. The second kappa shape index (κ2) is 7.06. The van der Waals surface area contributed by atoms with Crippen molar-refractivity contribution in [3.05, 3.63) is 64.6 Å². The number of halogens is 1. The van der Waals surface area contributed by atoms with Crippen LogP contribution >= 0.6 is 15.9 Å². The van der Waals surface area contributed by atoms with E-state index in [0.29, 0.717) is 5.75 Å². The molecule has 2 aromatic rings. The summed E-state index contributed by atoms with van der Waals surface area (Å²) in [6, 6.07) is 16.7. The predicted octanol–water partition coefficient (Wildman–Crippen LogP) is 2.90. The fourth-order valence-corrected chi connectivity index (χ4v) is 3.09. The largest absolute Gasteiger partial charge is 0.493 e. The molecule has 0 saturated carbocycles. The van der Waals surface area contributed by atoms with E-state index in [1.807, 2.05) is 54.6 Å². The molecule has 2 aromatic carbocycles. The number of hydrogen-bond acceptors (Lipinski definition) is 3. The molecule has 0 aromatic heterocycles. The Morgan fingerprint density at radius 2 is 1.67 bits per heavy atom. The van der Waals surface area contributed by atoms with Gasteiger partial charge in [-0.05, 0) is 29.8 Å². The number of hydrogen-bond donors (Lipinski definition) is 1. The van der Waals surface area contributed by atoms with E-state index in [2.05, 4.69) is 15.9 Å². The van der Waals surface area contributed by atoms with Crippen molar-refractivity contribution in [1.29, 1.82) is 0 Å². The van der Waals surface area contributed by atoms with Gasteiger partial charge in [0.05, 0.1) is 12.4 Å². The summed E-state index contributed by atoms with van der Waals surface area (Å²) in [5, 5.41) is 5.17. The molecule has 21 heavy (non-hydrogen) atoms. The third kappa shape index (κ3) is 5.49. The Hall–Kier alpha value is -1.37. The maximum atomic E-state index is 11.4. The van der Waals surface area contributed by atoms with Gasteiger partial charge in [0.25, 0.3) is 0 Å².